The molecule has 0 unspecified atom stereocenters. The van der Waals surface area contributed by atoms with E-state index in [0.29, 0.717) is 12.2 Å². The van der Waals surface area contributed by atoms with Gasteiger partial charge in [-0.2, -0.15) is 5.10 Å². The van der Waals surface area contributed by atoms with E-state index in [1.54, 1.807) is 22.2 Å². The number of amides is 1. The number of hydrogen-bond donors (Lipinski definition) is 0. The summed E-state index contributed by atoms with van der Waals surface area (Å²) in [5.74, 6) is -0.0400. The van der Waals surface area contributed by atoms with Crippen LogP contribution < -0.4 is 4.90 Å². The number of thiazole rings is 1. The Labute approximate surface area is 182 Å². The van der Waals surface area contributed by atoms with E-state index in [-0.39, 0.29) is 18.3 Å². The summed E-state index contributed by atoms with van der Waals surface area (Å²) in [5.41, 5.74) is 3.73. The molecule has 0 saturated heterocycles. The van der Waals surface area contributed by atoms with Gasteiger partial charge in [0, 0.05) is 20.1 Å². The van der Waals surface area contributed by atoms with Crippen LogP contribution in [0.1, 0.15) is 42.4 Å². The number of likely N-dealkylation sites (N-methyl/N-ethyl adjacent to an activating group) is 1. The van der Waals surface area contributed by atoms with E-state index in [0.717, 1.165) is 47.0 Å². The zero-order valence-corrected chi connectivity index (χ0v) is 19.4. The van der Waals surface area contributed by atoms with Crippen molar-refractivity contribution in [2.75, 3.05) is 31.1 Å². The van der Waals surface area contributed by atoms with Gasteiger partial charge in [0.2, 0.25) is 0 Å². The van der Waals surface area contributed by atoms with E-state index in [1.807, 2.05) is 18.9 Å². The van der Waals surface area contributed by atoms with Gasteiger partial charge in [-0.25, -0.2) is 4.98 Å². The number of halogens is 1. The molecule has 29 heavy (non-hydrogen) atoms. The van der Waals surface area contributed by atoms with Crippen molar-refractivity contribution in [3.63, 3.8) is 0 Å². The van der Waals surface area contributed by atoms with Crippen molar-refractivity contribution in [2.45, 2.75) is 34.1 Å². The summed E-state index contributed by atoms with van der Waals surface area (Å²) in [6.45, 7) is 11.7. The van der Waals surface area contributed by atoms with E-state index in [4.69, 9.17) is 4.98 Å². The van der Waals surface area contributed by atoms with Gasteiger partial charge in [-0.05, 0) is 43.6 Å². The van der Waals surface area contributed by atoms with E-state index < -0.39 is 0 Å². The van der Waals surface area contributed by atoms with Crippen molar-refractivity contribution < 1.29 is 4.79 Å². The first kappa shape index (κ1) is 23.3. The molecule has 1 aromatic carbocycles. The number of benzene rings is 1. The maximum absolute atomic E-state index is 13.5. The van der Waals surface area contributed by atoms with Crippen LogP contribution >= 0.6 is 23.7 Å². The SMILES string of the molecule is CCc1cccc2sc(N(CCN(CC)CC)C(=O)c3c(C)cnn3C)nc12.Cl. The summed E-state index contributed by atoms with van der Waals surface area (Å²) >= 11 is 1.58. The Hall–Kier alpha value is -1.96. The van der Waals surface area contributed by atoms with Crippen molar-refractivity contribution in [1.82, 2.24) is 19.7 Å². The first-order chi connectivity index (χ1) is 13.5. The highest BCUT2D eigenvalue weighted by Crippen LogP contribution is 2.32. The molecule has 0 saturated carbocycles. The number of nitrogens with zero attached hydrogens (tertiary/aromatic N) is 5. The first-order valence-electron chi connectivity index (χ1n) is 9.91. The van der Waals surface area contributed by atoms with E-state index in [2.05, 4.69) is 49.0 Å². The maximum atomic E-state index is 13.5. The summed E-state index contributed by atoms with van der Waals surface area (Å²) in [5, 5.41) is 5.01. The predicted molar refractivity (Wildman–Crippen MR) is 124 cm³/mol. The third-order valence-electron chi connectivity index (χ3n) is 5.21. The molecule has 0 spiro atoms. The monoisotopic (exact) mass is 435 g/mol. The second-order valence-corrected chi connectivity index (χ2v) is 7.91. The van der Waals surface area contributed by atoms with Gasteiger partial charge in [0.05, 0.1) is 16.4 Å². The standard InChI is InChI=1S/C21H29N5OS.ClH/c1-6-16-10-9-11-17-18(16)23-21(28-17)26(13-12-25(7-2)8-3)20(27)19-15(4)14-22-24(19)5;/h9-11,14H,6-8,12-13H2,1-5H3;1H. The molecule has 2 heterocycles. The Balaban J connectivity index is 0.00000300. The smallest absolute Gasteiger partial charge is 0.278 e. The van der Waals surface area contributed by atoms with Gasteiger partial charge < -0.3 is 4.90 Å². The number of anilines is 1. The second-order valence-electron chi connectivity index (χ2n) is 6.90. The molecular formula is C21H30ClN5OS. The van der Waals surface area contributed by atoms with Crippen LogP contribution in [0.15, 0.2) is 24.4 Å². The zero-order valence-electron chi connectivity index (χ0n) is 17.8. The quantitative estimate of drug-likeness (QED) is 0.529. The fraction of sp³-hybridized carbons (Fsp3) is 0.476. The van der Waals surface area contributed by atoms with Crippen LogP contribution in [0, 0.1) is 6.92 Å². The summed E-state index contributed by atoms with van der Waals surface area (Å²) in [6, 6.07) is 6.26. The molecule has 2 aromatic heterocycles. The number of para-hydroxylation sites is 1. The lowest BCUT2D eigenvalue weighted by Gasteiger charge is -2.25. The fourth-order valence-electron chi connectivity index (χ4n) is 3.44. The molecule has 0 fully saturated rings. The average molecular weight is 436 g/mol. The average Bonchev–Trinajstić information content (AvgIpc) is 3.27. The summed E-state index contributed by atoms with van der Waals surface area (Å²) in [6.07, 6.45) is 2.66. The van der Waals surface area contributed by atoms with Crippen LogP contribution in [0.25, 0.3) is 10.2 Å². The third-order valence-corrected chi connectivity index (χ3v) is 6.25. The van der Waals surface area contributed by atoms with Crippen LogP contribution in [-0.2, 0) is 13.5 Å². The molecule has 0 aliphatic rings. The van der Waals surface area contributed by atoms with Gasteiger partial charge in [0.1, 0.15) is 5.69 Å². The minimum atomic E-state index is -0.0400. The lowest BCUT2D eigenvalue weighted by Crippen LogP contribution is -2.39. The van der Waals surface area contributed by atoms with Crippen molar-refractivity contribution in [3.8, 4) is 0 Å². The topological polar surface area (TPSA) is 54.3 Å². The Kier molecular flexibility index (Phi) is 8.19. The Morgan fingerprint density at radius 2 is 1.90 bits per heavy atom. The third kappa shape index (κ3) is 4.79. The first-order valence-corrected chi connectivity index (χ1v) is 10.7. The molecule has 8 heteroatoms. The van der Waals surface area contributed by atoms with E-state index in [1.165, 1.54) is 5.56 Å². The lowest BCUT2D eigenvalue weighted by molar-refractivity contribution is 0.0974. The predicted octanol–water partition coefficient (Wildman–Crippen LogP) is 4.31. The van der Waals surface area contributed by atoms with Crippen molar-refractivity contribution in [1.29, 1.82) is 0 Å². The van der Waals surface area contributed by atoms with Crippen molar-refractivity contribution in [3.05, 3.63) is 41.2 Å². The van der Waals surface area contributed by atoms with Gasteiger partial charge in [-0.1, -0.05) is 44.2 Å². The van der Waals surface area contributed by atoms with Crippen molar-refractivity contribution in [2.24, 2.45) is 7.05 Å². The molecule has 0 radical (unpaired) electrons. The minimum absolute atomic E-state index is 0. The van der Waals surface area contributed by atoms with Crippen LogP contribution in [0.4, 0.5) is 5.13 Å². The molecule has 3 rings (SSSR count). The molecule has 0 aliphatic carbocycles. The molecule has 0 N–H and O–H groups in total. The number of hydrogen-bond acceptors (Lipinski definition) is 5. The Morgan fingerprint density at radius 1 is 1.17 bits per heavy atom. The molecule has 6 nitrogen and oxygen atoms in total. The van der Waals surface area contributed by atoms with Crippen LogP contribution in [-0.4, -0.2) is 51.8 Å². The molecule has 0 atom stereocenters. The van der Waals surface area contributed by atoms with Gasteiger partial charge in [0.25, 0.3) is 5.91 Å². The maximum Gasteiger partial charge on any atom is 0.278 e. The highest BCUT2D eigenvalue weighted by molar-refractivity contribution is 7.22. The van der Waals surface area contributed by atoms with Crippen LogP contribution in [0.3, 0.4) is 0 Å². The van der Waals surface area contributed by atoms with Gasteiger partial charge in [-0.15, -0.1) is 12.4 Å². The van der Waals surface area contributed by atoms with Gasteiger partial charge >= 0.3 is 0 Å². The number of rotatable bonds is 8. The van der Waals surface area contributed by atoms with Crippen molar-refractivity contribution >= 4 is 45.0 Å². The molecule has 0 bridgehead atoms. The second kappa shape index (κ2) is 10.2. The number of aryl methyl sites for hydroxylation is 3. The summed E-state index contributed by atoms with van der Waals surface area (Å²) in [4.78, 5) is 22.5. The summed E-state index contributed by atoms with van der Waals surface area (Å²) in [7, 11) is 1.82. The molecule has 158 valence electrons. The highest BCUT2D eigenvalue weighted by Gasteiger charge is 2.26. The molecule has 0 aliphatic heterocycles. The number of carbonyl (C=O) groups excluding carboxylic acids is 1. The number of carbonyl (C=O) groups is 1. The van der Waals surface area contributed by atoms with E-state index >= 15 is 0 Å². The molecular weight excluding hydrogens is 406 g/mol. The van der Waals surface area contributed by atoms with Gasteiger partial charge in [0.15, 0.2) is 5.13 Å². The minimum Gasteiger partial charge on any atom is -0.302 e. The highest BCUT2D eigenvalue weighted by atomic mass is 35.5. The van der Waals surface area contributed by atoms with Gasteiger partial charge in [-0.3, -0.25) is 14.4 Å². The van der Waals surface area contributed by atoms with E-state index in [9.17, 15) is 4.79 Å². The lowest BCUT2D eigenvalue weighted by atomic mass is 10.1. The normalized spacial score (nSPS) is 11.1. The molecule has 3 aromatic rings. The fourth-order valence-corrected chi connectivity index (χ4v) is 4.48. The largest absolute Gasteiger partial charge is 0.302 e. The number of fused-ring (bicyclic) bond motifs is 1. The zero-order chi connectivity index (χ0) is 20.3. The molecule has 1 amide bonds. The summed E-state index contributed by atoms with van der Waals surface area (Å²) < 4.78 is 2.78. The number of aromatic nitrogens is 3. The Morgan fingerprint density at radius 3 is 2.48 bits per heavy atom. The van der Waals surface area contributed by atoms with Crippen LogP contribution in [0.2, 0.25) is 0 Å². The Bertz CT molecular complexity index is 944. The van der Waals surface area contributed by atoms with Crippen LogP contribution in [0.5, 0.6) is 0 Å².